The minimum Gasteiger partial charge on any atom is -0.151 e. The first-order valence-electron chi connectivity index (χ1n) is 6.91. The van der Waals surface area contributed by atoms with Crippen LogP contribution in [-0.2, 0) is 12.8 Å². The molecule has 0 aliphatic heterocycles. The highest BCUT2D eigenvalue weighted by molar-refractivity contribution is 5.46. The lowest BCUT2D eigenvalue weighted by Gasteiger charge is -2.15. The van der Waals surface area contributed by atoms with E-state index >= 15 is 0 Å². The maximum Gasteiger partial charge on any atom is 0.0860 e. The third-order valence-electron chi connectivity index (χ3n) is 3.65. The van der Waals surface area contributed by atoms with Crippen LogP contribution >= 0.6 is 0 Å². The number of hydrogen-bond donors (Lipinski definition) is 0. The fraction of sp³-hybridized carbons (Fsp3) is 0.294. The molecule has 96 valence electrons. The summed E-state index contributed by atoms with van der Waals surface area (Å²) in [6.45, 7) is 2.07. The first kappa shape index (κ1) is 12.1. The van der Waals surface area contributed by atoms with Crippen LogP contribution in [-0.4, -0.2) is 0 Å². The molecule has 0 amide bonds. The van der Waals surface area contributed by atoms with Gasteiger partial charge < -0.3 is 0 Å². The topological polar surface area (TPSA) is 24.7 Å². The van der Waals surface area contributed by atoms with Gasteiger partial charge in [-0.1, -0.05) is 23.8 Å². The highest BCUT2D eigenvalue weighted by Crippen LogP contribution is 2.26. The highest BCUT2D eigenvalue weighted by Gasteiger charge is 2.08. The zero-order valence-electron chi connectivity index (χ0n) is 11.3. The average Bonchev–Trinajstić information content (AvgIpc) is 2.46. The van der Waals surface area contributed by atoms with Gasteiger partial charge in [0.25, 0.3) is 0 Å². The van der Waals surface area contributed by atoms with Crippen LogP contribution in [0.1, 0.15) is 29.5 Å². The van der Waals surface area contributed by atoms with E-state index < -0.39 is 0 Å². The van der Waals surface area contributed by atoms with Crippen LogP contribution < -0.4 is 0 Å². The van der Waals surface area contributed by atoms with Gasteiger partial charge in [0, 0.05) is 0 Å². The second-order valence-electron chi connectivity index (χ2n) is 5.20. The van der Waals surface area contributed by atoms with Gasteiger partial charge in [-0.15, -0.1) is 0 Å². The van der Waals surface area contributed by atoms with Crippen molar-refractivity contribution in [1.82, 2.24) is 0 Å². The van der Waals surface area contributed by atoms with Crippen LogP contribution in [0.3, 0.4) is 0 Å². The number of azo groups is 1. The summed E-state index contributed by atoms with van der Waals surface area (Å²) in [6, 6.07) is 14.6. The van der Waals surface area contributed by atoms with Gasteiger partial charge >= 0.3 is 0 Å². The fourth-order valence-electron chi connectivity index (χ4n) is 2.51. The summed E-state index contributed by atoms with van der Waals surface area (Å²) in [5.41, 5.74) is 6.05. The minimum atomic E-state index is 0.906. The quantitative estimate of drug-likeness (QED) is 0.647. The number of rotatable bonds is 2. The lowest BCUT2D eigenvalue weighted by molar-refractivity contribution is 0.685. The van der Waals surface area contributed by atoms with Gasteiger partial charge in [-0.05, 0) is 68.0 Å². The van der Waals surface area contributed by atoms with E-state index in [1.54, 1.807) is 0 Å². The normalized spacial score (nSPS) is 14.6. The van der Waals surface area contributed by atoms with Crippen molar-refractivity contribution >= 4 is 11.4 Å². The van der Waals surface area contributed by atoms with E-state index in [1.165, 1.54) is 42.4 Å². The first-order valence-corrected chi connectivity index (χ1v) is 6.91. The van der Waals surface area contributed by atoms with E-state index in [2.05, 4.69) is 47.5 Å². The summed E-state index contributed by atoms with van der Waals surface area (Å²) >= 11 is 0. The molecule has 2 nitrogen and oxygen atoms in total. The van der Waals surface area contributed by atoms with E-state index in [4.69, 9.17) is 0 Å². The number of benzene rings is 2. The Morgan fingerprint density at radius 3 is 2.16 bits per heavy atom. The predicted molar refractivity (Wildman–Crippen MR) is 78.4 cm³/mol. The Morgan fingerprint density at radius 1 is 0.737 bits per heavy atom. The van der Waals surface area contributed by atoms with E-state index in [0.717, 1.165) is 11.4 Å². The molecule has 19 heavy (non-hydrogen) atoms. The monoisotopic (exact) mass is 250 g/mol. The van der Waals surface area contributed by atoms with Gasteiger partial charge in [0.2, 0.25) is 0 Å². The van der Waals surface area contributed by atoms with Gasteiger partial charge in [-0.2, -0.15) is 10.2 Å². The molecule has 0 saturated heterocycles. The lowest BCUT2D eigenvalue weighted by Crippen LogP contribution is -2.01. The molecule has 0 bridgehead atoms. The molecule has 1 aliphatic carbocycles. The summed E-state index contributed by atoms with van der Waals surface area (Å²) in [6.07, 6.45) is 5.01. The smallest absolute Gasteiger partial charge is 0.0860 e. The summed E-state index contributed by atoms with van der Waals surface area (Å²) in [7, 11) is 0. The molecule has 0 saturated carbocycles. The van der Waals surface area contributed by atoms with Gasteiger partial charge in [-0.3, -0.25) is 0 Å². The Labute approximate surface area is 114 Å². The maximum absolute atomic E-state index is 4.34. The van der Waals surface area contributed by atoms with Crippen molar-refractivity contribution in [2.75, 3.05) is 0 Å². The van der Waals surface area contributed by atoms with Crippen molar-refractivity contribution < 1.29 is 0 Å². The van der Waals surface area contributed by atoms with E-state index in [0.29, 0.717) is 0 Å². The number of hydrogen-bond acceptors (Lipinski definition) is 2. The molecule has 2 aromatic carbocycles. The molecule has 0 aromatic heterocycles. The fourth-order valence-corrected chi connectivity index (χ4v) is 2.51. The molecule has 0 radical (unpaired) electrons. The molecule has 0 atom stereocenters. The third kappa shape index (κ3) is 2.90. The highest BCUT2D eigenvalue weighted by atomic mass is 15.1. The third-order valence-corrected chi connectivity index (χ3v) is 3.65. The van der Waals surface area contributed by atoms with Gasteiger partial charge in [-0.25, -0.2) is 0 Å². The summed E-state index contributed by atoms with van der Waals surface area (Å²) in [5.74, 6) is 0. The van der Waals surface area contributed by atoms with E-state index in [1.807, 2.05) is 12.1 Å². The molecule has 0 spiro atoms. The Balaban J connectivity index is 1.81. The molecule has 3 rings (SSSR count). The van der Waals surface area contributed by atoms with Crippen molar-refractivity contribution in [3.8, 4) is 0 Å². The SMILES string of the molecule is Cc1ccc(N=Nc2ccc3c(c2)CCCC3)cc1. The Morgan fingerprint density at radius 2 is 1.37 bits per heavy atom. The molecule has 1 aliphatic rings. The molecular formula is C17H18N2. The molecule has 0 unspecified atom stereocenters. The predicted octanol–water partition coefficient (Wildman–Crippen LogP) is 5.29. The molecule has 0 N–H and O–H groups in total. The molecule has 0 heterocycles. The van der Waals surface area contributed by atoms with E-state index in [-0.39, 0.29) is 0 Å². The van der Waals surface area contributed by atoms with Crippen molar-refractivity contribution in [3.63, 3.8) is 0 Å². The lowest BCUT2D eigenvalue weighted by atomic mass is 9.91. The molecule has 2 aromatic rings. The minimum absolute atomic E-state index is 0.906. The maximum atomic E-state index is 4.34. The first-order chi connectivity index (χ1) is 9.31. The second kappa shape index (κ2) is 5.35. The van der Waals surface area contributed by atoms with E-state index in [9.17, 15) is 0 Å². The Hall–Kier alpha value is -1.96. The molecule has 2 heteroatoms. The van der Waals surface area contributed by atoms with Crippen LogP contribution in [0, 0.1) is 6.92 Å². The van der Waals surface area contributed by atoms with Gasteiger partial charge in [0.05, 0.1) is 11.4 Å². The molecular weight excluding hydrogens is 232 g/mol. The standard InChI is InChI=1S/C17H18N2/c1-13-6-9-16(10-7-13)18-19-17-11-8-14-4-2-3-5-15(14)12-17/h6-12H,2-5H2,1H3. The van der Waals surface area contributed by atoms with Crippen LogP contribution in [0.15, 0.2) is 52.7 Å². The van der Waals surface area contributed by atoms with Crippen LogP contribution in [0.4, 0.5) is 11.4 Å². The average molecular weight is 250 g/mol. The van der Waals surface area contributed by atoms with Crippen molar-refractivity contribution in [2.45, 2.75) is 32.6 Å². The van der Waals surface area contributed by atoms with Crippen LogP contribution in [0.25, 0.3) is 0 Å². The number of fused-ring (bicyclic) bond motifs is 1. The van der Waals surface area contributed by atoms with Crippen molar-refractivity contribution in [3.05, 3.63) is 59.2 Å². The van der Waals surface area contributed by atoms with Gasteiger partial charge in [0.15, 0.2) is 0 Å². The second-order valence-corrected chi connectivity index (χ2v) is 5.20. The van der Waals surface area contributed by atoms with Crippen LogP contribution in [0.5, 0.6) is 0 Å². The molecule has 0 fully saturated rings. The van der Waals surface area contributed by atoms with Gasteiger partial charge in [0.1, 0.15) is 0 Å². The number of nitrogens with zero attached hydrogens (tertiary/aromatic N) is 2. The van der Waals surface area contributed by atoms with Crippen molar-refractivity contribution in [2.24, 2.45) is 10.2 Å². The Bertz CT molecular complexity index is 597. The summed E-state index contributed by atoms with van der Waals surface area (Å²) in [4.78, 5) is 0. The Kier molecular flexibility index (Phi) is 3.41. The number of aryl methyl sites for hydroxylation is 3. The summed E-state index contributed by atoms with van der Waals surface area (Å²) in [5, 5.41) is 8.63. The van der Waals surface area contributed by atoms with Crippen molar-refractivity contribution in [1.29, 1.82) is 0 Å². The zero-order chi connectivity index (χ0) is 13.1. The van der Waals surface area contributed by atoms with Crippen LogP contribution in [0.2, 0.25) is 0 Å². The largest absolute Gasteiger partial charge is 0.151 e. The summed E-state index contributed by atoms with van der Waals surface area (Å²) < 4.78 is 0. The zero-order valence-corrected chi connectivity index (χ0v) is 11.3.